The fourth-order valence-electron chi connectivity index (χ4n) is 3.67. The Kier molecular flexibility index (Phi) is 7.94. The highest BCUT2D eigenvalue weighted by atomic mass is 32.2. The molecule has 2 N–H and O–H groups in total. The van der Waals surface area contributed by atoms with Gasteiger partial charge in [0.2, 0.25) is 15.9 Å². The summed E-state index contributed by atoms with van der Waals surface area (Å²) >= 11 is 0. The van der Waals surface area contributed by atoms with Crippen molar-refractivity contribution < 1.29 is 17.9 Å². The third-order valence-corrected chi connectivity index (χ3v) is 7.46. The van der Waals surface area contributed by atoms with E-state index in [0.29, 0.717) is 31.1 Å². The summed E-state index contributed by atoms with van der Waals surface area (Å²) in [6, 6.07) is 17.8. The van der Waals surface area contributed by atoms with E-state index in [9.17, 15) is 13.2 Å². The number of benzene rings is 3. The molecular weight excluding hydrogens is 438 g/mol. The van der Waals surface area contributed by atoms with Crippen LogP contribution in [0.15, 0.2) is 65.6 Å². The van der Waals surface area contributed by atoms with Crippen LogP contribution in [-0.4, -0.2) is 44.4 Å². The predicted molar refractivity (Wildman–Crippen MR) is 133 cm³/mol. The van der Waals surface area contributed by atoms with Crippen molar-refractivity contribution in [2.75, 3.05) is 30.3 Å². The lowest BCUT2D eigenvalue weighted by molar-refractivity contribution is -0.116. The first-order valence-electron chi connectivity index (χ1n) is 11.1. The first-order valence-corrected chi connectivity index (χ1v) is 12.6. The fraction of sp³-hybridized carbons (Fsp3) is 0.320. The summed E-state index contributed by atoms with van der Waals surface area (Å²) in [5.41, 5.74) is 1.24. The van der Waals surface area contributed by atoms with Gasteiger partial charge in [0.1, 0.15) is 16.7 Å². The van der Waals surface area contributed by atoms with Gasteiger partial charge < -0.3 is 15.4 Å². The average molecular weight is 470 g/mol. The number of nitrogens with zero attached hydrogens (tertiary/aromatic N) is 1. The van der Waals surface area contributed by atoms with Gasteiger partial charge in [-0.05, 0) is 43.5 Å². The molecule has 0 aliphatic rings. The number of hydrogen-bond acceptors (Lipinski definition) is 5. The lowest BCUT2D eigenvalue weighted by Gasteiger charge is -2.22. The quantitative estimate of drug-likeness (QED) is 0.449. The van der Waals surface area contributed by atoms with Crippen molar-refractivity contribution in [3.8, 4) is 5.75 Å². The molecule has 0 bridgehead atoms. The Labute approximate surface area is 195 Å². The molecule has 33 heavy (non-hydrogen) atoms. The van der Waals surface area contributed by atoms with Crippen LogP contribution in [0.3, 0.4) is 0 Å². The van der Waals surface area contributed by atoms with Gasteiger partial charge in [-0.15, -0.1) is 0 Å². The van der Waals surface area contributed by atoms with E-state index in [1.165, 1.54) is 10.4 Å². The van der Waals surface area contributed by atoms with Crippen molar-refractivity contribution in [3.05, 3.63) is 60.7 Å². The molecule has 0 saturated heterocycles. The Hall–Kier alpha value is -3.10. The van der Waals surface area contributed by atoms with E-state index in [4.69, 9.17) is 4.74 Å². The second kappa shape index (κ2) is 10.7. The predicted octanol–water partition coefficient (Wildman–Crippen LogP) is 4.71. The van der Waals surface area contributed by atoms with Gasteiger partial charge in [-0.1, -0.05) is 50.2 Å². The van der Waals surface area contributed by atoms with Crippen LogP contribution in [0, 0.1) is 0 Å². The smallest absolute Gasteiger partial charge is 0.246 e. The van der Waals surface area contributed by atoms with Gasteiger partial charge in [-0.2, -0.15) is 4.31 Å². The summed E-state index contributed by atoms with van der Waals surface area (Å²) in [6.07, 6.45) is 0. The summed E-state index contributed by atoms with van der Waals surface area (Å²) in [4.78, 5) is 13.0. The largest absolute Gasteiger partial charge is 0.492 e. The lowest BCUT2D eigenvalue weighted by Crippen LogP contribution is -2.32. The van der Waals surface area contributed by atoms with Crippen molar-refractivity contribution in [3.63, 3.8) is 0 Å². The Bertz CT molecular complexity index is 1220. The van der Waals surface area contributed by atoms with E-state index in [2.05, 4.69) is 10.6 Å². The molecule has 0 radical (unpaired) electrons. The normalized spacial score (nSPS) is 12.5. The Morgan fingerprint density at radius 3 is 2.39 bits per heavy atom. The van der Waals surface area contributed by atoms with Crippen molar-refractivity contribution in [2.24, 2.45) is 0 Å². The summed E-state index contributed by atoms with van der Waals surface area (Å²) in [7, 11) is -3.74. The standard InChI is InChI=1S/C25H31N3O4S/c1-5-28(6-2)33(30,31)24-17-20(15-16-23(24)32-7-3)26-18(4)25(29)27-22-14-10-12-19-11-8-9-13-21(19)22/h8-18,26H,5-7H2,1-4H3,(H,27,29)/t18-/m1/s1. The highest BCUT2D eigenvalue weighted by Crippen LogP contribution is 2.30. The SMILES string of the molecule is CCOc1ccc(N[C@H](C)C(=O)Nc2cccc3ccccc23)cc1S(=O)(=O)N(CC)CC. The summed E-state index contributed by atoms with van der Waals surface area (Å²) in [5, 5.41) is 8.07. The molecule has 1 atom stereocenters. The number of ether oxygens (including phenoxy) is 1. The second-order valence-corrected chi connectivity index (χ2v) is 9.47. The molecule has 0 spiro atoms. The van der Waals surface area contributed by atoms with E-state index in [1.54, 1.807) is 39.8 Å². The molecule has 3 rings (SSSR count). The van der Waals surface area contributed by atoms with Crippen LogP contribution in [0.2, 0.25) is 0 Å². The molecule has 0 aliphatic heterocycles. The first kappa shape index (κ1) is 24.5. The van der Waals surface area contributed by atoms with Crippen LogP contribution in [-0.2, 0) is 14.8 Å². The van der Waals surface area contributed by atoms with Gasteiger partial charge in [-0.3, -0.25) is 4.79 Å². The zero-order valence-corrected chi connectivity index (χ0v) is 20.3. The number of hydrogen-bond donors (Lipinski definition) is 2. The fourth-order valence-corrected chi connectivity index (χ4v) is 5.28. The minimum absolute atomic E-state index is 0.0831. The van der Waals surface area contributed by atoms with Crippen molar-refractivity contribution in [2.45, 2.75) is 38.6 Å². The zero-order chi connectivity index (χ0) is 24.0. The molecule has 3 aromatic carbocycles. The molecule has 176 valence electrons. The molecule has 0 saturated carbocycles. The monoisotopic (exact) mass is 469 g/mol. The van der Waals surface area contributed by atoms with Gasteiger partial charge in [0.25, 0.3) is 0 Å². The van der Waals surface area contributed by atoms with E-state index in [1.807, 2.05) is 42.5 Å². The topological polar surface area (TPSA) is 87.7 Å². The Morgan fingerprint density at radius 1 is 1.00 bits per heavy atom. The lowest BCUT2D eigenvalue weighted by atomic mass is 10.1. The molecule has 0 aliphatic carbocycles. The van der Waals surface area contributed by atoms with Crippen molar-refractivity contribution in [1.29, 1.82) is 0 Å². The highest BCUT2D eigenvalue weighted by molar-refractivity contribution is 7.89. The third-order valence-electron chi connectivity index (χ3n) is 5.39. The average Bonchev–Trinajstić information content (AvgIpc) is 2.81. The number of fused-ring (bicyclic) bond motifs is 1. The Morgan fingerprint density at radius 2 is 1.70 bits per heavy atom. The van der Waals surface area contributed by atoms with Crippen LogP contribution >= 0.6 is 0 Å². The van der Waals surface area contributed by atoms with Crippen molar-refractivity contribution >= 4 is 38.1 Å². The molecule has 1 amide bonds. The number of sulfonamides is 1. The summed E-state index contributed by atoms with van der Waals surface area (Å²) in [5.74, 6) is 0.0659. The van der Waals surface area contributed by atoms with E-state index in [-0.39, 0.29) is 10.8 Å². The molecule has 7 nitrogen and oxygen atoms in total. The van der Waals surface area contributed by atoms with E-state index >= 15 is 0 Å². The maximum atomic E-state index is 13.2. The van der Waals surface area contributed by atoms with Crippen LogP contribution in [0.1, 0.15) is 27.7 Å². The van der Waals surface area contributed by atoms with Gasteiger partial charge in [0, 0.05) is 29.9 Å². The van der Waals surface area contributed by atoms with Gasteiger partial charge in [0.15, 0.2) is 0 Å². The van der Waals surface area contributed by atoms with Crippen LogP contribution in [0.25, 0.3) is 10.8 Å². The molecule has 0 aromatic heterocycles. The first-order chi connectivity index (χ1) is 15.8. The molecular formula is C25H31N3O4S. The maximum absolute atomic E-state index is 13.2. The van der Waals surface area contributed by atoms with Crippen LogP contribution in [0.5, 0.6) is 5.75 Å². The zero-order valence-electron chi connectivity index (χ0n) is 19.5. The molecule has 0 fully saturated rings. The summed E-state index contributed by atoms with van der Waals surface area (Å²) in [6.45, 7) is 8.18. The number of nitrogens with one attached hydrogen (secondary N) is 2. The Balaban J connectivity index is 1.84. The number of carbonyl (C=O) groups excluding carboxylic acids is 1. The van der Waals surface area contributed by atoms with E-state index < -0.39 is 16.1 Å². The highest BCUT2D eigenvalue weighted by Gasteiger charge is 2.26. The van der Waals surface area contributed by atoms with Gasteiger partial charge >= 0.3 is 0 Å². The van der Waals surface area contributed by atoms with Crippen LogP contribution in [0.4, 0.5) is 11.4 Å². The van der Waals surface area contributed by atoms with Crippen molar-refractivity contribution in [1.82, 2.24) is 4.31 Å². The number of amides is 1. The number of anilines is 2. The number of rotatable bonds is 10. The molecule has 0 unspecified atom stereocenters. The minimum atomic E-state index is -3.74. The number of carbonyl (C=O) groups is 1. The minimum Gasteiger partial charge on any atom is -0.492 e. The molecule has 0 heterocycles. The second-order valence-electron chi connectivity index (χ2n) is 7.57. The van der Waals surface area contributed by atoms with E-state index in [0.717, 1.165) is 16.5 Å². The molecule has 3 aromatic rings. The molecule has 8 heteroatoms. The van der Waals surface area contributed by atoms with Gasteiger partial charge in [0.05, 0.1) is 6.61 Å². The van der Waals surface area contributed by atoms with Gasteiger partial charge in [-0.25, -0.2) is 8.42 Å². The summed E-state index contributed by atoms with van der Waals surface area (Å²) < 4.78 is 33.3. The third kappa shape index (κ3) is 5.46. The maximum Gasteiger partial charge on any atom is 0.246 e. The van der Waals surface area contributed by atoms with Crippen LogP contribution < -0.4 is 15.4 Å².